The molecule has 0 spiro atoms. The largest absolute Gasteiger partial charge is 2.00 e. The van der Waals surface area contributed by atoms with Gasteiger partial charge >= 0.3 is 17.1 Å². The van der Waals surface area contributed by atoms with Crippen LogP contribution in [0.1, 0.15) is 11.1 Å². The van der Waals surface area contributed by atoms with Crippen LogP contribution in [0.5, 0.6) is 0 Å². The van der Waals surface area contributed by atoms with Gasteiger partial charge in [0, 0.05) is 0 Å². The number of thiocarbonyl (C=S) groups is 2. The Kier molecular flexibility index (Phi) is 12.8. The van der Waals surface area contributed by atoms with Crippen LogP contribution in [0, 0.1) is 0 Å². The molecular weight excluding hydrogens is 396 g/mol. The number of benzene rings is 2. The zero-order valence-electron chi connectivity index (χ0n) is 13.0. The topological polar surface area (TPSA) is 101 Å². The second-order valence-corrected chi connectivity index (χ2v) is 5.01. The Labute approximate surface area is 168 Å². The van der Waals surface area contributed by atoms with Crippen molar-refractivity contribution in [2.45, 2.75) is 0 Å². The van der Waals surface area contributed by atoms with E-state index in [2.05, 4.69) is 57.9 Å². The number of hydrogen-bond acceptors (Lipinski definition) is 4. The Morgan fingerprint density at radius 3 is 1.32 bits per heavy atom. The van der Waals surface area contributed by atoms with Gasteiger partial charge in [0.05, 0.1) is 0 Å². The Morgan fingerprint density at radius 2 is 1.04 bits per heavy atom. The molecule has 0 heterocycles. The van der Waals surface area contributed by atoms with Crippen molar-refractivity contribution in [2.75, 3.05) is 0 Å². The number of nitrogens with two attached hydrogens (primary N) is 2. The van der Waals surface area contributed by atoms with Gasteiger partial charge in [0.2, 0.25) is 0 Å². The fourth-order valence-corrected chi connectivity index (χ4v) is 1.41. The van der Waals surface area contributed by atoms with Crippen LogP contribution in [0.4, 0.5) is 0 Å². The van der Waals surface area contributed by atoms with Crippen LogP contribution >= 0.6 is 24.4 Å². The normalized spacial score (nSPS) is 9.60. The van der Waals surface area contributed by atoms with E-state index >= 15 is 0 Å². The van der Waals surface area contributed by atoms with Gasteiger partial charge in [-0.2, -0.15) is 35.4 Å². The van der Waals surface area contributed by atoms with Gasteiger partial charge < -0.3 is 11.5 Å². The van der Waals surface area contributed by atoms with Gasteiger partial charge in [-0.25, -0.2) is 0 Å². The SMILES string of the molecule is NC(=S)NN=[C-]c1ccccc1.NC(=S)NN=[C-]c1ccccc1.[Fe+2]. The summed E-state index contributed by atoms with van der Waals surface area (Å²) in [5.41, 5.74) is 16.9. The molecule has 2 rings (SSSR count). The maximum Gasteiger partial charge on any atom is 2.00 e. The van der Waals surface area contributed by atoms with Crippen LogP contribution < -0.4 is 22.3 Å². The molecule has 0 aromatic heterocycles. The maximum atomic E-state index is 5.14. The molecule has 0 fully saturated rings. The molecule has 0 aliphatic carbocycles. The standard InChI is InChI=1S/2C8H8N3S.Fe/c2*9-8(12)11-10-6-7-4-2-1-3-5-7;/h2*1-5H,(H3,9,11,12);/q2*-1;+2. The first-order chi connectivity index (χ1) is 11.6. The molecule has 0 bridgehead atoms. The summed E-state index contributed by atoms with van der Waals surface area (Å²) in [6, 6.07) is 19.0. The third kappa shape index (κ3) is 12.7. The number of hydrazone groups is 2. The molecular formula is C16H16FeN6S2. The molecule has 2 aromatic rings. The number of nitrogens with one attached hydrogen (secondary N) is 2. The molecule has 0 saturated carbocycles. The fourth-order valence-electron chi connectivity index (χ4n) is 1.32. The van der Waals surface area contributed by atoms with E-state index in [1.165, 1.54) is 0 Å². The molecule has 0 saturated heterocycles. The first-order valence-corrected chi connectivity index (χ1v) is 7.52. The first-order valence-electron chi connectivity index (χ1n) is 6.70. The molecule has 0 unspecified atom stereocenters. The smallest absolute Gasteiger partial charge is 0.375 e. The molecule has 130 valence electrons. The van der Waals surface area contributed by atoms with Crippen LogP contribution in [0.15, 0.2) is 70.9 Å². The van der Waals surface area contributed by atoms with Crippen LogP contribution in [-0.4, -0.2) is 22.7 Å². The minimum atomic E-state index is 0. The van der Waals surface area contributed by atoms with Crippen molar-refractivity contribution in [2.24, 2.45) is 21.7 Å². The summed E-state index contributed by atoms with van der Waals surface area (Å²) in [7, 11) is 0. The van der Waals surface area contributed by atoms with E-state index < -0.39 is 0 Å². The monoisotopic (exact) mass is 412 g/mol. The van der Waals surface area contributed by atoms with Gasteiger partial charge in [-0.1, -0.05) is 12.1 Å². The summed E-state index contributed by atoms with van der Waals surface area (Å²) in [5.74, 6) is 0. The molecule has 0 atom stereocenters. The average Bonchev–Trinajstić information content (AvgIpc) is 2.57. The molecule has 6 nitrogen and oxygen atoms in total. The third-order valence-electron chi connectivity index (χ3n) is 2.25. The van der Waals surface area contributed by atoms with Crippen molar-refractivity contribution in [3.63, 3.8) is 0 Å². The predicted molar refractivity (Wildman–Crippen MR) is 106 cm³/mol. The molecule has 0 aliphatic rings. The van der Waals surface area contributed by atoms with E-state index in [1.807, 2.05) is 60.7 Å². The van der Waals surface area contributed by atoms with Gasteiger partial charge in [0.15, 0.2) is 10.2 Å². The summed E-state index contributed by atoms with van der Waals surface area (Å²) >= 11 is 9.09. The van der Waals surface area contributed by atoms with Gasteiger partial charge in [-0.15, -0.1) is 24.3 Å². The van der Waals surface area contributed by atoms with Crippen LogP contribution in [0.25, 0.3) is 0 Å². The van der Waals surface area contributed by atoms with Crippen molar-refractivity contribution < 1.29 is 17.1 Å². The summed E-state index contributed by atoms with van der Waals surface area (Å²) in [4.78, 5) is 0. The third-order valence-corrected chi connectivity index (χ3v) is 2.43. The number of nitrogens with zero attached hydrogens (tertiary/aromatic N) is 2. The number of rotatable bonds is 4. The van der Waals surface area contributed by atoms with E-state index in [1.54, 1.807) is 0 Å². The molecule has 0 amide bonds. The van der Waals surface area contributed by atoms with Crippen LogP contribution in [0.2, 0.25) is 0 Å². The summed E-state index contributed by atoms with van der Waals surface area (Å²) in [5, 5.41) is 7.62. The van der Waals surface area contributed by atoms with Gasteiger partial charge in [0.1, 0.15) is 0 Å². The van der Waals surface area contributed by atoms with Crippen molar-refractivity contribution in [3.8, 4) is 0 Å². The first kappa shape index (κ1) is 22.7. The summed E-state index contributed by atoms with van der Waals surface area (Å²) in [6.07, 6.45) is 5.44. The Hall–Kier alpha value is -2.32. The van der Waals surface area contributed by atoms with E-state index in [0.717, 1.165) is 11.1 Å². The summed E-state index contributed by atoms with van der Waals surface area (Å²) < 4.78 is 0. The van der Waals surface area contributed by atoms with Gasteiger partial charge in [-0.05, 0) is 36.9 Å². The minimum absolute atomic E-state index is 0. The Balaban J connectivity index is 0.000000443. The van der Waals surface area contributed by atoms with Crippen LogP contribution in [-0.2, 0) is 17.1 Å². The fraction of sp³-hybridized carbons (Fsp3) is 0. The Bertz CT molecular complexity index is 631. The second kappa shape index (κ2) is 14.1. The van der Waals surface area contributed by atoms with E-state index in [0.29, 0.717) is 0 Å². The Morgan fingerprint density at radius 1 is 0.720 bits per heavy atom. The number of hydrogen-bond donors (Lipinski definition) is 4. The van der Waals surface area contributed by atoms with E-state index in [4.69, 9.17) is 11.5 Å². The van der Waals surface area contributed by atoms with Crippen LogP contribution in [0.3, 0.4) is 0 Å². The van der Waals surface area contributed by atoms with E-state index in [9.17, 15) is 0 Å². The second-order valence-electron chi connectivity index (χ2n) is 4.13. The predicted octanol–water partition coefficient (Wildman–Crippen LogP) is 1.46. The molecule has 9 heteroatoms. The summed E-state index contributed by atoms with van der Waals surface area (Å²) in [6.45, 7) is 0. The van der Waals surface area contributed by atoms with Crippen molar-refractivity contribution in [1.82, 2.24) is 10.9 Å². The maximum absolute atomic E-state index is 5.14. The minimum Gasteiger partial charge on any atom is -0.375 e. The molecule has 2 aromatic carbocycles. The van der Waals surface area contributed by atoms with Crippen molar-refractivity contribution in [3.05, 3.63) is 71.8 Å². The molecule has 6 N–H and O–H groups in total. The quantitative estimate of drug-likeness (QED) is 0.200. The molecule has 0 radical (unpaired) electrons. The van der Waals surface area contributed by atoms with Gasteiger partial charge in [-0.3, -0.25) is 21.1 Å². The zero-order chi connectivity index (χ0) is 17.6. The van der Waals surface area contributed by atoms with Gasteiger partial charge in [0.25, 0.3) is 0 Å². The zero-order valence-corrected chi connectivity index (χ0v) is 15.7. The average molecular weight is 412 g/mol. The van der Waals surface area contributed by atoms with Crippen molar-refractivity contribution >= 4 is 47.1 Å². The molecule has 25 heavy (non-hydrogen) atoms. The van der Waals surface area contributed by atoms with Crippen molar-refractivity contribution in [1.29, 1.82) is 0 Å². The molecule has 0 aliphatic heterocycles. The van der Waals surface area contributed by atoms with E-state index in [-0.39, 0.29) is 27.3 Å².